The lowest BCUT2D eigenvalue weighted by atomic mass is 9.97. The summed E-state index contributed by atoms with van der Waals surface area (Å²) in [6, 6.07) is 12.3. The third kappa shape index (κ3) is 5.67. The van der Waals surface area contributed by atoms with Crippen LogP contribution in [0, 0.1) is 6.92 Å². The van der Waals surface area contributed by atoms with E-state index in [-0.39, 0.29) is 24.3 Å². The first-order valence-electron chi connectivity index (χ1n) is 9.69. The summed E-state index contributed by atoms with van der Waals surface area (Å²) in [5.74, 6) is -0.713. The second-order valence-electron chi connectivity index (χ2n) is 7.12. The lowest BCUT2D eigenvalue weighted by molar-refractivity contribution is -0.120. The van der Waals surface area contributed by atoms with E-state index in [4.69, 9.17) is 4.74 Å². The fraction of sp³-hybridized carbons (Fsp3) is 0.348. The molecule has 0 fully saturated rings. The second kappa shape index (κ2) is 9.87. The van der Waals surface area contributed by atoms with Gasteiger partial charge in [-0.3, -0.25) is 9.59 Å². The Morgan fingerprint density at radius 3 is 2.28 bits per heavy atom. The number of para-hydroxylation sites is 1. The molecule has 0 heterocycles. The third-order valence-electron chi connectivity index (χ3n) is 4.52. The number of carbonyl (C=O) groups excluding carboxylic acids is 3. The highest BCUT2D eigenvalue weighted by atomic mass is 16.5. The largest absolute Gasteiger partial charge is 0.462 e. The topological polar surface area (TPSA) is 75.7 Å². The van der Waals surface area contributed by atoms with Crippen LogP contribution in [-0.2, 0) is 14.3 Å². The number of benzene rings is 2. The zero-order chi connectivity index (χ0) is 21.6. The summed E-state index contributed by atoms with van der Waals surface area (Å²) in [5, 5.41) is 2.78. The lowest BCUT2D eigenvalue weighted by Gasteiger charge is -2.27. The SMILES string of the molecule is CCOC(=O)c1ccc(NC(=O)CN(C(C)=O)c2c(C)cccc2C(C)C)cc1. The molecule has 29 heavy (non-hydrogen) atoms. The fourth-order valence-corrected chi connectivity index (χ4v) is 3.11. The maximum Gasteiger partial charge on any atom is 0.338 e. The molecular weight excluding hydrogens is 368 g/mol. The molecule has 1 N–H and O–H groups in total. The van der Waals surface area contributed by atoms with Crippen molar-refractivity contribution in [3.8, 4) is 0 Å². The Labute approximate surface area is 171 Å². The highest BCUT2D eigenvalue weighted by Gasteiger charge is 2.22. The monoisotopic (exact) mass is 396 g/mol. The van der Waals surface area contributed by atoms with Gasteiger partial charge in [-0.1, -0.05) is 32.0 Å². The number of rotatable bonds is 7. The molecule has 6 heteroatoms. The molecule has 2 amide bonds. The lowest BCUT2D eigenvalue weighted by Crippen LogP contribution is -2.37. The standard InChI is InChI=1S/C23H28N2O4/c1-6-29-23(28)18-10-12-19(13-11-18)24-21(27)14-25(17(5)26)22-16(4)8-7-9-20(22)15(2)3/h7-13,15H,6,14H2,1-5H3,(H,24,27). The first-order chi connectivity index (χ1) is 13.7. The molecule has 2 rings (SSSR count). The van der Waals surface area contributed by atoms with E-state index in [1.807, 2.05) is 25.1 Å². The molecule has 6 nitrogen and oxygen atoms in total. The van der Waals surface area contributed by atoms with Gasteiger partial charge in [-0.25, -0.2) is 4.79 Å². The smallest absolute Gasteiger partial charge is 0.338 e. The molecular formula is C23H28N2O4. The summed E-state index contributed by atoms with van der Waals surface area (Å²) in [6.45, 7) is 9.45. The molecule has 0 atom stereocenters. The third-order valence-corrected chi connectivity index (χ3v) is 4.52. The van der Waals surface area contributed by atoms with Gasteiger partial charge in [0.15, 0.2) is 0 Å². The van der Waals surface area contributed by atoms with E-state index in [1.165, 1.54) is 11.8 Å². The van der Waals surface area contributed by atoms with Crippen molar-refractivity contribution in [1.29, 1.82) is 0 Å². The van der Waals surface area contributed by atoms with E-state index in [0.717, 1.165) is 16.8 Å². The number of amides is 2. The Morgan fingerprint density at radius 1 is 1.07 bits per heavy atom. The Kier molecular flexibility index (Phi) is 7.53. The number of carbonyl (C=O) groups is 3. The molecule has 0 aliphatic heterocycles. The van der Waals surface area contributed by atoms with Gasteiger partial charge in [0.25, 0.3) is 0 Å². The number of esters is 1. The van der Waals surface area contributed by atoms with Gasteiger partial charge in [0, 0.05) is 12.6 Å². The predicted octanol–water partition coefficient (Wildman–Crippen LogP) is 4.29. The van der Waals surface area contributed by atoms with Crippen LogP contribution in [0.5, 0.6) is 0 Å². The molecule has 0 aliphatic carbocycles. The van der Waals surface area contributed by atoms with Crippen LogP contribution in [0.1, 0.15) is 55.1 Å². The van der Waals surface area contributed by atoms with Gasteiger partial charge in [0.2, 0.25) is 11.8 Å². The molecule has 0 unspecified atom stereocenters. The summed E-state index contributed by atoms with van der Waals surface area (Å²) in [5.41, 5.74) is 3.70. The first-order valence-corrected chi connectivity index (χ1v) is 9.69. The van der Waals surface area contributed by atoms with Gasteiger partial charge in [-0.05, 0) is 55.2 Å². The van der Waals surface area contributed by atoms with E-state index in [2.05, 4.69) is 19.2 Å². The van der Waals surface area contributed by atoms with Gasteiger partial charge in [0.1, 0.15) is 6.54 Å². The molecule has 0 aliphatic rings. The van der Waals surface area contributed by atoms with Crippen molar-refractivity contribution >= 4 is 29.2 Å². The number of hydrogen-bond acceptors (Lipinski definition) is 4. The van der Waals surface area contributed by atoms with Gasteiger partial charge < -0.3 is 15.0 Å². The number of aryl methyl sites for hydroxylation is 1. The number of ether oxygens (including phenoxy) is 1. The number of hydrogen-bond donors (Lipinski definition) is 1. The maximum absolute atomic E-state index is 12.6. The van der Waals surface area contributed by atoms with E-state index >= 15 is 0 Å². The van der Waals surface area contributed by atoms with Crippen molar-refractivity contribution in [2.75, 3.05) is 23.4 Å². The van der Waals surface area contributed by atoms with Crippen LogP contribution in [0.3, 0.4) is 0 Å². The van der Waals surface area contributed by atoms with Crippen LogP contribution in [0.2, 0.25) is 0 Å². The van der Waals surface area contributed by atoms with Crippen molar-refractivity contribution in [3.05, 3.63) is 59.2 Å². The fourth-order valence-electron chi connectivity index (χ4n) is 3.11. The van der Waals surface area contributed by atoms with Gasteiger partial charge in [-0.2, -0.15) is 0 Å². The van der Waals surface area contributed by atoms with E-state index in [0.29, 0.717) is 17.9 Å². The quantitative estimate of drug-likeness (QED) is 0.709. The highest BCUT2D eigenvalue weighted by molar-refractivity contribution is 6.03. The predicted molar refractivity (Wildman–Crippen MR) is 114 cm³/mol. The summed E-state index contributed by atoms with van der Waals surface area (Å²) < 4.78 is 4.95. The van der Waals surface area contributed by atoms with Crippen LogP contribution in [0.15, 0.2) is 42.5 Å². The molecule has 0 radical (unpaired) electrons. The van der Waals surface area contributed by atoms with Gasteiger partial charge >= 0.3 is 5.97 Å². The minimum atomic E-state index is -0.408. The minimum absolute atomic E-state index is 0.0977. The normalized spacial score (nSPS) is 10.6. The van der Waals surface area contributed by atoms with Crippen molar-refractivity contribution in [1.82, 2.24) is 0 Å². The van der Waals surface area contributed by atoms with Crippen LogP contribution >= 0.6 is 0 Å². The average molecular weight is 396 g/mol. The number of anilines is 2. The Balaban J connectivity index is 2.18. The van der Waals surface area contributed by atoms with E-state index < -0.39 is 5.97 Å². The summed E-state index contributed by atoms with van der Waals surface area (Å²) >= 11 is 0. The Bertz CT molecular complexity index is 888. The van der Waals surface area contributed by atoms with Crippen molar-refractivity contribution in [3.63, 3.8) is 0 Å². The number of nitrogens with one attached hydrogen (secondary N) is 1. The first kappa shape index (κ1) is 22.1. The average Bonchev–Trinajstić information content (AvgIpc) is 2.66. The van der Waals surface area contributed by atoms with Crippen LogP contribution in [0.4, 0.5) is 11.4 Å². The molecule has 0 aromatic heterocycles. The van der Waals surface area contributed by atoms with Crippen molar-refractivity contribution < 1.29 is 19.1 Å². The zero-order valence-electron chi connectivity index (χ0n) is 17.6. The Morgan fingerprint density at radius 2 is 1.72 bits per heavy atom. The van der Waals surface area contributed by atoms with Crippen LogP contribution in [-0.4, -0.2) is 30.9 Å². The highest BCUT2D eigenvalue weighted by Crippen LogP contribution is 2.31. The molecule has 2 aromatic carbocycles. The molecule has 2 aromatic rings. The van der Waals surface area contributed by atoms with E-state index in [1.54, 1.807) is 31.2 Å². The molecule has 0 saturated heterocycles. The summed E-state index contributed by atoms with van der Waals surface area (Å²) in [6.07, 6.45) is 0. The molecule has 0 bridgehead atoms. The maximum atomic E-state index is 12.6. The van der Waals surface area contributed by atoms with Crippen LogP contribution < -0.4 is 10.2 Å². The van der Waals surface area contributed by atoms with Gasteiger partial charge in [0.05, 0.1) is 17.9 Å². The summed E-state index contributed by atoms with van der Waals surface area (Å²) in [4.78, 5) is 38.2. The Hall–Kier alpha value is -3.15. The minimum Gasteiger partial charge on any atom is -0.462 e. The second-order valence-corrected chi connectivity index (χ2v) is 7.12. The van der Waals surface area contributed by atoms with Crippen molar-refractivity contribution in [2.45, 2.75) is 40.5 Å². The van der Waals surface area contributed by atoms with Gasteiger partial charge in [-0.15, -0.1) is 0 Å². The number of nitrogens with zero attached hydrogens (tertiary/aromatic N) is 1. The van der Waals surface area contributed by atoms with Crippen LogP contribution in [0.25, 0.3) is 0 Å². The summed E-state index contributed by atoms with van der Waals surface area (Å²) in [7, 11) is 0. The zero-order valence-corrected chi connectivity index (χ0v) is 17.6. The van der Waals surface area contributed by atoms with Crippen molar-refractivity contribution in [2.24, 2.45) is 0 Å². The molecule has 0 saturated carbocycles. The molecule has 0 spiro atoms. The van der Waals surface area contributed by atoms with E-state index in [9.17, 15) is 14.4 Å². The molecule has 154 valence electrons.